The van der Waals surface area contributed by atoms with Gasteiger partial charge >= 0.3 is 0 Å². The van der Waals surface area contributed by atoms with Gasteiger partial charge in [0.05, 0.1) is 0 Å². The molecule has 0 saturated carbocycles. The topological polar surface area (TPSA) is 12.0 Å². The highest BCUT2D eigenvalue weighted by atomic mass is 19.1. The normalized spacial score (nSPS) is 25.7. The molecule has 1 nitrogen and oxygen atoms in total. The van der Waals surface area contributed by atoms with E-state index in [1.165, 1.54) is 12.1 Å². The van der Waals surface area contributed by atoms with Gasteiger partial charge in [0.15, 0.2) is 0 Å². The Kier molecular flexibility index (Phi) is 3.24. The quantitative estimate of drug-likeness (QED) is 0.816. The lowest BCUT2D eigenvalue weighted by Crippen LogP contribution is -2.39. The van der Waals surface area contributed by atoms with Crippen LogP contribution in [0.4, 0.5) is 8.78 Å². The summed E-state index contributed by atoms with van der Waals surface area (Å²) in [6.45, 7) is 4.14. The Bertz CT molecular complexity index is 350. The average Bonchev–Trinajstić information content (AvgIpc) is 2.15. The van der Waals surface area contributed by atoms with Crippen molar-refractivity contribution in [3.05, 3.63) is 35.4 Å². The number of nitrogens with one attached hydrogen (secondary N) is 1. The summed E-state index contributed by atoms with van der Waals surface area (Å²) in [7, 11) is 0. The third-order valence-electron chi connectivity index (χ3n) is 3.24. The van der Waals surface area contributed by atoms with Crippen LogP contribution in [-0.2, 0) is 6.42 Å². The predicted octanol–water partition coefficient (Wildman–Crippen LogP) is 2.90. The van der Waals surface area contributed by atoms with E-state index in [9.17, 15) is 8.78 Å². The van der Waals surface area contributed by atoms with Gasteiger partial charge in [0.25, 0.3) is 0 Å². The third-order valence-corrected chi connectivity index (χ3v) is 3.24. The van der Waals surface area contributed by atoms with Crippen LogP contribution >= 0.6 is 0 Å². The summed E-state index contributed by atoms with van der Waals surface area (Å²) in [6, 6.07) is 3.79. The fourth-order valence-electron chi connectivity index (χ4n) is 2.48. The molecule has 1 N–H and O–H groups in total. The fourth-order valence-corrected chi connectivity index (χ4v) is 2.48. The maximum absolute atomic E-state index is 13.1. The second-order valence-corrected chi connectivity index (χ2v) is 5.05. The maximum Gasteiger partial charge on any atom is 0.126 e. The molecular formula is C13H17F2N. The van der Waals surface area contributed by atoms with E-state index in [0.717, 1.165) is 44.0 Å². The van der Waals surface area contributed by atoms with Crippen molar-refractivity contribution >= 4 is 0 Å². The molecule has 0 aliphatic carbocycles. The van der Waals surface area contributed by atoms with Crippen molar-refractivity contribution in [3.8, 4) is 0 Å². The minimum atomic E-state index is -0.484. The van der Waals surface area contributed by atoms with Gasteiger partial charge in [-0.25, -0.2) is 8.78 Å². The Morgan fingerprint density at radius 1 is 1.25 bits per heavy atom. The Balaban J connectivity index is 2.13. The molecule has 1 heterocycles. The molecule has 1 unspecified atom stereocenters. The summed E-state index contributed by atoms with van der Waals surface area (Å²) < 4.78 is 26.1. The lowest BCUT2D eigenvalue weighted by molar-refractivity contribution is 0.234. The van der Waals surface area contributed by atoms with Crippen LogP contribution in [0, 0.1) is 17.0 Å². The zero-order valence-corrected chi connectivity index (χ0v) is 9.52. The average molecular weight is 225 g/mol. The van der Waals surface area contributed by atoms with Gasteiger partial charge in [-0.05, 0) is 48.9 Å². The Labute approximate surface area is 94.9 Å². The minimum Gasteiger partial charge on any atom is -0.316 e. The number of hydrogen-bond donors (Lipinski definition) is 1. The summed E-state index contributed by atoms with van der Waals surface area (Å²) >= 11 is 0. The van der Waals surface area contributed by atoms with Crippen molar-refractivity contribution in [2.24, 2.45) is 5.41 Å². The number of piperidine rings is 1. The second-order valence-electron chi connectivity index (χ2n) is 5.05. The fraction of sp³-hybridized carbons (Fsp3) is 0.538. The van der Waals surface area contributed by atoms with Crippen LogP contribution in [0.15, 0.2) is 18.2 Å². The molecule has 0 aromatic heterocycles. The molecule has 1 saturated heterocycles. The van der Waals surface area contributed by atoms with E-state index in [0.29, 0.717) is 0 Å². The maximum atomic E-state index is 13.1. The Morgan fingerprint density at radius 3 is 2.50 bits per heavy atom. The lowest BCUT2D eigenvalue weighted by atomic mass is 9.77. The summed E-state index contributed by atoms with van der Waals surface area (Å²) in [6.07, 6.45) is 2.97. The van der Waals surface area contributed by atoms with Crippen molar-refractivity contribution in [3.63, 3.8) is 0 Å². The van der Waals surface area contributed by atoms with Crippen LogP contribution in [0.2, 0.25) is 0 Å². The van der Waals surface area contributed by atoms with Gasteiger partial charge in [-0.2, -0.15) is 0 Å². The molecule has 0 bridgehead atoms. The largest absolute Gasteiger partial charge is 0.316 e. The monoisotopic (exact) mass is 225 g/mol. The van der Waals surface area contributed by atoms with E-state index in [4.69, 9.17) is 0 Å². The van der Waals surface area contributed by atoms with Gasteiger partial charge in [0.1, 0.15) is 11.6 Å². The third kappa shape index (κ3) is 2.79. The van der Waals surface area contributed by atoms with Gasteiger partial charge in [-0.15, -0.1) is 0 Å². The standard InChI is InChI=1S/C13H17F2N/c1-13(3-2-4-16-9-13)8-10-5-11(14)7-12(15)6-10/h5-7,16H,2-4,8-9H2,1H3. The number of hydrogen-bond acceptors (Lipinski definition) is 1. The van der Waals surface area contributed by atoms with Crippen molar-refractivity contribution in [1.82, 2.24) is 5.32 Å². The van der Waals surface area contributed by atoms with Crippen molar-refractivity contribution in [2.45, 2.75) is 26.2 Å². The number of rotatable bonds is 2. The molecule has 0 radical (unpaired) electrons. The Morgan fingerprint density at radius 2 is 1.94 bits per heavy atom. The molecule has 0 amide bonds. The van der Waals surface area contributed by atoms with Gasteiger partial charge in [0, 0.05) is 12.6 Å². The van der Waals surface area contributed by atoms with Crippen LogP contribution in [0.3, 0.4) is 0 Å². The van der Waals surface area contributed by atoms with E-state index in [2.05, 4.69) is 12.2 Å². The molecule has 1 aliphatic heterocycles. The molecule has 88 valence electrons. The highest BCUT2D eigenvalue weighted by Crippen LogP contribution is 2.30. The number of benzene rings is 1. The smallest absolute Gasteiger partial charge is 0.126 e. The zero-order chi connectivity index (χ0) is 11.6. The molecule has 1 atom stereocenters. The van der Waals surface area contributed by atoms with Crippen LogP contribution in [0.1, 0.15) is 25.3 Å². The van der Waals surface area contributed by atoms with Crippen molar-refractivity contribution < 1.29 is 8.78 Å². The molecule has 1 aliphatic rings. The van der Waals surface area contributed by atoms with Crippen LogP contribution in [-0.4, -0.2) is 13.1 Å². The van der Waals surface area contributed by atoms with Gasteiger partial charge < -0.3 is 5.32 Å². The van der Waals surface area contributed by atoms with E-state index in [1.54, 1.807) is 0 Å². The second kappa shape index (κ2) is 4.50. The minimum absolute atomic E-state index is 0.123. The van der Waals surface area contributed by atoms with Gasteiger partial charge in [0.2, 0.25) is 0 Å². The van der Waals surface area contributed by atoms with E-state index in [1.807, 2.05) is 0 Å². The molecule has 3 heteroatoms. The highest BCUT2D eigenvalue weighted by molar-refractivity contribution is 5.19. The molecule has 16 heavy (non-hydrogen) atoms. The highest BCUT2D eigenvalue weighted by Gasteiger charge is 2.27. The molecule has 0 spiro atoms. The van der Waals surface area contributed by atoms with Crippen molar-refractivity contribution in [2.75, 3.05) is 13.1 Å². The predicted molar refractivity (Wildman–Crippen MR) is 60.3 cm³/mol. The molecule has 1 aromatic carbocycles. The molecule has 1 fully saturated rings. The summed E-state index contributed by atoms with van der Waals surface area (Å²) in [5, 5.41) is 3.34. The van der Waals surface area contributed by atoms with E-state index < -0.39 is 11.6 Å². The first kappa shape index (κ1) is 11.5. The van der Waals surface area contributed by atoms with E-state index in [-0.39, 0.29) is 5.41 Å². The van der Waals surface area contributed by atoms with Gasteiger partial charge in [-0.1, -0.05) is 6.92 Å². The first-order valence-electron chi connectivity index (χ1n) is 5.73. The first-order chi connectivity index (χ1) is 7.57. The Hall–Kier alpha value is -0.960. The van der Waals surface area contributed by atoms with E-state index >= 15 is 0 Å². The van der Waals surface area contributed by atoms with Crippen LogP contribution < -0.4 is 5.32 Å². The number of halogens is 2. The lowest BCUT2D eigenvalue weighted by Gasteiger charge is -2.34. The molecule has 2 rings (SSSR count). The summed E-state index contributed by atoms with van der Waals surface area (Å²) in [4.78, 5) is 0. The summed E-state index contributed by atoms with van der Waals surface area (Å²) in [5.41, 5.74) is 0.877. The van der Waals surface area contributed by atoms with Gasteiger partial charge in [-0.3, -0.25) is 0 Å². The summed E-state index contributed by atoms with van der Waals surface area (Å²) in [5.74, 6) is -0.968. The van der Waals surface area contributed by atoms with Crippen LogP contribution in [0.5, 0.6) is 0 Å². The zero-order valence-electron chi connectivity index (χ0n) is 9.52. The first-order valence-corrected chi connectivity index (χ1v) is 5.73. The van der Waals surface area contributed by atoms with Crippen molar-refractivity contribution in [1.29, 1.82) is 0 Å². The molecule has 1 aromatic rings. The van der Waals surface area contributed by atoms with Crippen LogP contribution in [0.25, 0.3) is 0 Å². The molecular weight excluding hydrogens is 208 g/mol. The SMILES string of the molecule is CC1(Cc2cc(F)cc(F)c2)CCCNC1.